The highest BCUT2D eigenvalue weighted by atomic mass is 16.3. The number of hydrogen-bond acceptors (Lipinski definition) is 3. The molecule has 1 aromatic rings. The molecule has 2 heterocycles. The van der Waals surface area contributed by atoms with Crippen LogP contribution in [0.4, 0.5) is 0 Å². The van der Waals surface area contributed by atoms with Crippen molar-refractivity contribution in [2.24, 2.45) is 0 Å². The van der Waals surface area contributed by atoms with Crippen LogP contribution in [-0.2, 0) is 11.3 Å². The number of piperidine rings is 1. The van der Waals surface area contributed by atoms with Gasteiger partial charge in [-0.15, -0.1) is 0 Å². The highest BCUT2D eigenvalue weighted by molar-refractivity contribution is 5.92. The van der Waals surface area contributed by atoms with Crippen molar-refractivity contribution in [3.8, 4) is 0 Å². The fraction of sp³-hybridized carbons (Fsp3) is 0.625. The smallest absolute Gasteiger partial charge is 0.249 e. The van der Waals surface area contributed by atoms with Gasteiger partial charge in [0, 0.05) is 36.5 Å². The van der Waals surface area contributed by atoms with Crippen LogP contribution in [0.5, 0.6) is 0 Å². The summed E-state index contributed by atoms with van der Waals surface area (Å²) in [6.07, 6.45) is 6.60. The van der Waals surface area contributed by atoms with Crippen LogP contribution in [0.1, 0.15) is 44.7 Å². The van der Waals surface area contributed by atoms with Crippen LogP contribution in [-0.4, -0.2) is 45.4 Å². The molecule has 1 amide bonds. The summed E-state index contributed by atoms with van der Waals surface area (Å²) in [5, 5.41) is 13.3. The second-order valence-electron chi connectivity index (χ2n) is 5.56. The van der Waals surface area contributed by atoms with Gasteiger partial charge in [0.1, 0.15) is 0 Å². The van der Waals surface area contributed by atoms with Crippen LogP contribution >= 0.6 is 0 Å². The lowest BCUT2D eigenvalue weighted by atomic mass is 9.93. The summed E-state index contributed by atoms with van der Waals surface area (Å²) in [5.41, 5.74) is 2.03. The van der Waals surface area contributed by atoms with Crippen molar-refractivity contribution in [3.63, 3.8) is 0 Å². The molecule has 0 aromatic carbocycles. The van der Waals surface area contributed by atoms with Crippen LogP contribution in [0.2, 0.25) is 0 Å². The molecule has 1 fully saturated rings. The lowest BCUT2D eigenvalue weighted by Crippen LogP contribution is -2.38. The second-order valence-corrected chi connectivity index (χ2v) is 5.56. The van der Waals surface area contributed by atoms with Gasteiger partial charge >= 0.3 is 0 Å². The molecular formula is C16H25N3O2. The monoisotopic (exact) mass is 291 g/mol. The van der Waals surface area contributed by atoms with E-state index in [-0.39, 0.29) is 12.5 Å². The summed E-state index contributed by atoms with van der Waals surface area (Å²) < 4.78 is 1.88. The fourth-order valence-electron chi connectivity index (χ4n) is 2.99. The average molecular weight is 291 g/mol. The predicted octanol–water partition coefficient (Wildman–Crippen LogP) is 1.94. The molecular weight excluding hydrogens is 266 g/mol. The van der Waals surface area contributed by atoms with Gasteiger partial charge in [-0.3, -0.25) is 9.48 Å². The predicted molar refractivity (Wildman–Crippen MR) is 81.9 cm³/mol. The first kappa shape index (κ1) is 15.8. The van der Waals surface area contributed by atoms with Crippen LogP contribution in [0.25, 0.3) is 0 Å². The minimum Gasteiger partial charge on any atom is -0.394 e. The molecule has 0 unspecified atom stereocenters. The van der Waals surface area contributed by atoms with Crippen molar-refractivity contribution in [2.45, 2.75) is 45.6 Å². The Bertz CT molecular complexity index is 499. The van der Waals surface area contributed by atoms with E-state index in [0.717, 1.165) is 37.9 Å². The van der Waals surface area contributed by atoms with E-state index in [9.17, 15) is 4.79 Å². The number of amides is 1. The SMILES string of the molecule is CC/C=C(/C)C(=O)N1CCC(c2ccnn2CCO)CC1. The van der Waals surface area contributed by atoms with Crippen molar-refractivity contribution >= 4 is 5.91 Å². The Morgan fingerprint density at radius 1 is 1.48 bits per heavy atom. The molecule has 1 aromatic heterocycles. The van der Waals surface area contributed by atoms with Gasteiger partial charge in [-0.1, -0.05) is 13.0 Å². The Labute approximate surface area is 126 Å². The Balaban J connectivity index is 1.95. The number of allylic oxidation sites excluding steroid dienone is 1. The van der Waals surface area contributed by atoms with Crippen molar-refractivity contribution in [1.29, 1.82) is 0 Å². The Hall–Kier alpha value is -1.62. The van der Waals surface area contributed by atoms with Crippen LogP contribution in [0, 0.1) is 0 Å². The third-order valence-electron chi connectivity index (χ3n) is 4.11. The van der Waals surface area contributed by atoms with Gasteiger partial charge in [0.2, 0.25) is 5.91 Å². The molecule has 1 N–H and O–H groups in total. The summed E-state index contributed by atoms with van der Waals surface area (Å²) in [5.74, 6) is 0.595. The molecule has 2 rings (SSSR count). The van der Waals surface area contributed by atoms with Crippen LogP contribution < -0.4 is 0 Å². The highest BCUT2D eigenvalue weighted by Crippen LogP contribution is 2.28. The largest absolute Gasteiger partial charge is 0.394 e. The maximum atomic E-state index is 12.3. The number of nitrogens with zero attached hydrogens (tertiary/aromatic N) is 3. The van der Waals surface area contributed by atoms with Gasteiger partial charge in [-0.25, -0.2) is 0 Å². The van der Waals surface area contributed by atoms with Gasteiger partial charge in [0.05, 0.1) is 13.2 Å². The first-order valence-corrected chi connectivity index (χ1v) is 7.76. The molecule has 0 spiro atoms. The summed E-state index contributed by atoms with van der Waals surface area (Å²) in [4.78, 5) is 14.2. The van der Waals surface area contributed by atoms with Gasteiger partial charge in [0.15, 0.2) is 0 Å². The van der Waals surface area contributed by atoms with Crippen molar-refractivity contribution in [1.82, 2.24) is 14.7 Å². The van der Waals surface area contributed by atoms with Crippen molar-refractivity contribution in [2.75, 3.05) is 19.7 Å². The van der Waals surface area contributed by atoms with E-state index in [1.165, 1.54) is 5.69 Å². The fourth-order valence-corrected chi connectivity index (χ4v) is 2.99. The van der Waals surface area contributed by atoms with Crippen molar-refractivity contribution in [3.05, 3.63) is 29.6 Å². The quantitative estimate of drug-likeness (QED) is 0.843. The zero-order valence-electron chi connectivity index (χ0n) is 13.0. The molecule has 0 radical (unpaired) electrons. The lowest BCUT2D eigenvalue weighted by Gasteiger charge is -2.32. The molecule has 0 atom stereocenters. The summed E-state index contributed by atoms with van der Waals surface area (Å²) in [6.45, 7) is 6.18. The normalized spacial score (nSPS) is 17.3. The van der Waals surface area contributed by atoms with E-state index in [4.69, 9.17) is 5.11 Å². The first-order chi connectivity index (χ1) is 10.2. The maximum absolute atomic E-state index is 12.3. The van der Waals surface area contributed by atoms with E-state index in [2.05, 4.69) is 5.10 Å². The van der Waals surface area contributed by atoms with Gasteiger partial charge < -0.3 is 10.0 Å². The summed E-state index contributed by atoms with van der Waals surface area (Å²) >= 11 is 0. The number of likely N-dealkylation sites (tertiary alicyclic amines) is 1. The van der Waals surface area contributed by atoms with E-state index in [0.29, 0.717) is 12.5 Å². The summed E-state index contributed by atoms with van der Waals surface area (Å²) in [6, 6.07) is 2.03. The third-order valence-corrected chi connectivity index (χ3v) is 4.11. The van der Waals surface area contributed by atoms with Crippen LogP contribution in [0.15, 0.2) is 23.9 Å². The number of aliphatic hydroxyl groups excluding tert-OH is 1. The molecule has 21 heavy (non-hydrogen) atoms. The van der Waals surface area contributed by atoms with E-state index in [1.54, 1.807) is 6.20 Å². The van der Waals surface area contributed by atoms with Crippen molar-refractivity contribution < 1.29 is 9.90 Å². The minimum atomic E-state index is 0.104. The number of aromatic nitrogens is 2. The standard InChI is InChI=1S/C16H25N3O2/c1-3-4-13(2)16(21)18-9-6-14(7-10-18)15-5-8-17-19(15)11-12-20/h4-5,8,14,20H,3,6-7,9-12H2,1-2H3/b13-4-. The first-order valence-electron chi connectivity index (χ1n) is 7.76. The maximum Gasteiger partial charge on any atom is 0.249 e. The zero-order valence-corrected chi connectivity index (χ0v) is 13.0. The Morgan fingerprint density at radius 3 is 2.81 bits per heavy atom. The van der Waals surface area contributed by atoms with E-state index in [1.807, 2.05) is 35.6 Å². The summed E-state index contributed by atoms with van der Waals surface area (Å²) in [7, 11) is 0. The molecule has 5 heteroatoms. The molecule has 0 saturated carbocycles. The van der Waals surface area contributed by atoms with Gasteiger partial charge in [0.25, 0.3) is 0 Å². The molecule has 0 aliphatic carbocycles. The van der Waals surface area contributed by atoms with Gasteiger partial charge in [-0.05, 0) is 32.3 Å². The molecule has 1 aliphatic rings. The molecule has 1 saturated heterocycles. The Morgan fingerprint density at radius 2 is 2.19 bits per heavy atom. The number of aliphatic hydroxyl groups is 1. The molecule has 5 nitrogen and oxygen atoms in total. The molecule has 0 bridgehead atoms. The number of rotatable bonds is 5. The second kappa shape index (κ2) is 7.41. The lowest BCUT2D eigenvalue weighted by molar-refractivity contribution is -0.128. The van der Waals surface area contributed by atoms with E-state index >= 15 is 0 Å². The van der Waals surface area contributed by atoms with Gasteiger partial charge in [-0.2, -0.15) is 5.10 Å². The Kier molecular flexibility index (Phi) is 5.56. The van der Waals surface area contributed by atoms with Crippen LogP contribution in [0.3, 0.4) is 0 Å². The number of hydrogen-bond donors (Lipinski definition) is 1. The molecule has 116 valence electrons. The zero-order chi connectivity index (χ0) is 15.2. The third kappa shape index (κ3) is 3.73. The average Bonchev–Trinajstić information content (AvgIpc) is 2.95. The molecule has 1 aliphatic heterocycles. The highest BCUT2D eigenvalue weighted by Gasteiger charge is 2.26. The van der Waals surface area contributed by atoms with E-state index < -0.39 is 0 Å². The number of carbonyl (C=O) groups excluding carboxylic acids is 1. The number of carbonyl (C=O) groups is 1. The minimum absolute atomic E-state index is 0.104. The topological polar surface area (TPSA) is 58.4 Å².